The molecule has 1 N–H and O–H groups in total. The first kappa shape index (κ1) is 17.8. The molecule has 4 rings (SSSR count). The van der Waals surface area contributed by atoms with Crippen LogP contribution in [-0.2, 0) is 6.61 Å². The molecule has 0 aliphatic rings. The molecular formula is C23H18O5. The molecule has 0 spiro atoms. The lowest BCUT2D eigenvalue weighted by Gasteiger charge is -2.08. The third kappa shape index (κ3) is 3.61. The number of hydrogen-bond acceptors (Lipinski definition) is 5. The molecule has 0 unspecified atom stereocenters. The predicted octanol–water partition coefficient (Wildman–Crippen LogP) is 4.75. The Hall–Kier alpha value is -3.57. The molecule has 0 saturated heterocycles. The minimum absolute atomic E-state index is 0.00127. The second-order valence-electron chi connectivity index (χ2n) is 6.27. The summed E-state index contributed by atoms with van der Waals surface area (Å²) in [6.45, 7) is -0.00127. The van der Waals surface area contributed by atoms with Crippen molar-refractivity contribution < 1.29 is 19.0 Å². The highest BCUT2D eigenvalue weighted by atomic mass is 16.5. The highest BCUT2D eigenvalue weighted by Gasteiger charge is 2.09. The van der Waals surface area contributed by atoms with Crippen LogP contribution in [0, 0.1) is 0 Å². The quantitative estimate of drug-likeness (QED) is 0.546. The second kappa shape index (κ2) is 7.58. The van der Waals surface area contributed by atoms with Gasteiger partial charge in [-0.3, -0.25) is 4.79 Å². The van der Waals surface area contributed by atoms with Gasteiger partial charge in [-0.2, -0.15) is 0 Å². The Balaban J connectivity index is 1.60. The molecule has 1 heterocycles. The van der Waals surface area contributed by atoms with Crippen molar-refractivity contribution >= 4 is 11.0 Å². The first-order chi connectivity index (χ1) is 13.7. The van der Waals surface area contributed by atoms with Gasteiger partial charge in [0.15, 0.2) is 5.43 Å². The summed E-state index contributed by atoms with van der Waals surface area (Å²) in [6, 6.07) is 21.2. The van der Waals surface area contributed by atoms with Crippen LogP contribution in [0.4, 0.5) is 0 Å². The zero-order valence-corrected chi connectivity index (χ0v) is 15.2. The first-order valence-electron chi connectivity index (χ1n) is 8.76. The average molecular weight is 374 g/mol. The molecule has 0 aliphatic heterocycles. The molecule has 3 aromatic carbocycles. The highest BCUT2D eigenvalue weighted by molar-refractivity contribution is 5.80. The average Bonchev–Trinajstić information content (AvgIpc) is 2.74. The number of ether oxygens (including phenoxy) is 2. The molecule has 5 nitrogen and oxygen atoms in total. The molecule has 0 amide bonds. The lowest BCUT2D eigenvalue weighted by Crippen LogP contribution is -2.00. The van der Waals surface area contributed by atoms with E-state index in [1.807, 2.05) is 36.4 Å². The third-order valence-corrected chi connectivity index (χ3v) is 4.41. The maximum absolute atomic E-state index is 12.4. The molecule has 1 aromatic heterocycles. The van der Waals surface area contributed by atoms with Crippen LogP contribution >= 0.6 is 0 Å². The Kier molecular flexibility index (Phi) is 4.83. The molecule has 0 atom stereocenters. The number of benzene rings is 3. The Labute approximate surface area is 161 Å². The maximum Gasteiger partial charge on any atom is 0.193 e. The third-order valence-electron chi connectivity index (χ3n) is 4.41. The van der Waals surface area contributed by atoms with E-state index >= 15 is 0 Å². The van der Waals surface area contributed by atoms with Crippen molar-refractivity contribution in [2.24, 2.45) is 0 Å². The van der Waals surface area contributed by atoms with E-state index < -0.39 is 0 Å². The number of aliphatic hydroxyl groups is 1. The number of fused-ring (bicyclic) bond motifs is 1. The van der Waals surface area contributed by atoms with E-state index in [1.54, 1.807) is 37.4 Å². The van der Waals surface area contributed by atoms with Gasteiger partial charge >= 0.3 is 0 Å². The lowest BCUT2D eigenvalue weighted by atomic mass is 10.1. The minimum atomic E-state index is -0.126. The molecule has 0 radical (unpaired) electrons. The minimum Gasteiger partial charge on any atom is -0.497 e. The number of methoxy groups -OCH3 is 1. The monoisotopic (exact) mass is 374 g/mol. The van der Waals surface area contributed by atoms with Crippen LogP contribution in [0.15, 0.2) is 82.0 Å². The van der Waals surface area contributed by atoms with Gasteiger partial charge in [-0.05, 0) is 60.2 Å². The number of aliphatic hydroxyl groups excluding tert-OH is 1. The maximum atomic E-state index is 12.4. The van der Waals surface area contributed by atoms with Gasteiger partial charge in [-0.25, -0.2) is 0 Å². The van der Waals surface area contributed by atoms with E-state index in [2.05, 4.69) is 0 Å². The van der Waals surface area contributed by atoms with E-state index in [1.165, 1.54) is 6.07 Å². The highest BCUT2D eigenvalue weighted by Crippen LogP contribution is 2.28. The Morgan fingerprint density at radius 2 is 1.50 bits per heavy atom. The van der Waals surface area contributed by atoms with E-state index in [9.17, 15) is 4.79 Å². The summed E-state index contributed by atoms with van der Waals surface area (Å²) in [5.41, 5.74) is 1.98. The number of hydrogen-bond donors (Lipinski definition) is 1. The topological polar surface area (TPSA) is 68.9 Å². The van der Waals surface area contributed by atoms with Crippen LogP contribution in [0.3, 0.4) is 0 Å². The molecular weight excluding hydrogens is 356 g/mol. The molecule has 4 aromatic rings. The molecule has 0 saturated carbocycles. The van der Waals surface area contributed by atoms with E-state index in [0.717, 1.165) is 11.1 Å². The van der Waals surface area contributed by atoms with Crippen molar-refractivity contribution in [3.63, 3.8) is 0 Å². The number of rotatable bonds is 5. The summed E-state index contributed by atoms with van der Waals surface area (Å²) in [6.07, 6.45) is 0. The van der Waals surface area contributed by atoms with Crippen molar-refractivity contribution in [1.82, 2.24) is 0 Å². The molecule has 5 heteroatoms. The SMILES string of the molecule is COc1ccc2oc(-c3ccc(Oc4ccc(CO)cc4)cc3)cc(=O)c2c1. The second-order valence-corrected chi connectivity index (χ2v) is 6.27. The van der Waals surface area contributed by atoms with Gasteiger partial charge in [0.05, 0.1) is 19.1 Å². The van der Waals surface area contributed by atoms with Gasteiger partial charge in [-0.15, -0.1) is 0 Å². The van der Waals surface area contributed by atoms with Crippen molar-refractivity contribution in [2.75, 3.05) is 7.11 Å². The van der Waals surface area contributed by atoms with Crippen LogP contribution in [0.5, 0.6) is 17.2 Å². The summed E-state index contributed by atoms with van der Waals surface area (Å²) in [7, 11) is 1.56. The van der Waals surface area contributed by atoms with Crippen LogP contribution in [-0.4, -0.2) is 12.2 Å². The fourth-order valence-corrected chi connectivity index (χ4v) is 2.89. The normalized spacial score (nSPS) is 10.8. The van der Waals surface area contributed by atoms with Crippen molar-refractivity contribution in [1.29, 1.82) is 0 Å². The molecule has 0 bridgehead atoms. The Morgan fingerprint density at radius 3 is 2.14 bits per heavy atom. The zero-order chi connectivity index (χ0) is 19.5. The van der Waals surface area contributed by atoms with Gasteiger partial charge < -0.3 is 19.0 Å². The Morgan fingerprint density at radius 1 is 0.857 bits per heavy atom. The molecule has 140 valence electrons. The first-order valence-corrected chi connectivity index (χ1v) is 8.76. The van der Waals surface area contributed by atoms with Crippen LogP contribution < -0.4 is 14.9 Å². The Bertz CT molecular complexity index is 1160. The summed E-state index contributed by atoms with van der Waals surface area (Å²) < 4.78 is 16.9. The van der Waals surface area contributed by atoms with Gasteiger partial charge in [0.25, 0.3) is 0 Å². The molecule has 0 aliphatic carbocycles. The van der Waals surface area contributed by atoms with Crippen molar-refractivity contribution in [3.05, 3.63) is 88.6 Å². The van der Waals surface area contributed by atoms with Crippen LogP contribution in [0.2, 0.25) is 0 Å². The van der Waals surface area contributed by atoms with E-state index in [-0.39, 0.29) is 12.0 Å². The standard InChI is InChI=1S/C23H18O5/c1-26-19-10-11-22-20(12-19)21(25)13-23(28-22)16-4-8-18(9-5-16)27-17-6-2-15(14-24)3-7-17/h2-13,24H,14H2,1H3. The molecule has 0 fully saturated rings. The summed E-state index contributed by atoms with van der Waals surface area (Å²) in [5.74, 6) is 2.44. The summed E-state index contributed by atoms with van der Waals surface area (Å²) in [4.78, 5) is 12.4. The van der Waals surface area contributed by atoms with Crippen LogP contribution in [0.1, 0.15) is 5.56 Å². The van der Waals surface area contributed by atoms with Gasteiger partial charge in [0.1, 0.15) is 28.6 Å². The van der Waals surface area contributed by atoms with Gasteiger partial charge in [0.2, 0.25) is 0 Å². The van der Waals surface area contributed by atoms with E-state index in [4.69, 9.17) is 19.0 Å². The van der Waals surface area contributed by atoms with Crippen molar-refractivity contribution in [2.45, 2.75) is 6.61 Å². The summed E-state index contributed by atoms with van der Waals surface area (Å²) in [5, 5.41) is 9.57. The van der Waals surface area contributed by atoms with Gasteiger partial charge in [-0.1, -0.05) is 12.1 Å². The predicted molar refractivity (Wildman–Crippen MR) is 107 cm³/mol. The lowest BCUT2D eigenvalue weighted by molar-refractivity contribution is 0.281. The smallest absolute Gasteiger partial charge is 0.193 e. The molecule has 28 heavy (non-hydrogen) atoms. The fourth-order valence-electron chi connectivity index (χ4n) is 2.89. The zero-order valence-electron chi connectivity index (χ0n) is 15.2. The van der Waals surface area contributed by atoms with E-state index in [0.29, 0.717) is 34.0 Å². The fraction of sp³-hybridized carbons (Fsp3) is 0.0870. The van der Waals surface area contributed by atoms with Crippen molar-refractivity contribution in [3.8, 4) is 28.6 Å². The summed E-state index contributed by atoms with van der Waals surface area (Å²) >= 11 is 0. The van der Waals surface area contributed by atoms with Crippen LogP contribution in [0.25, 0.3) is 22.3 Å². The van der Waals surface area contributed by atoms with Gasteiger partial charge in [0, 0.05) is 11.6 Å². The largest absolute Gasteiger partial charge is 0.497 e.